The van der Waals surface area contributed by atoms with Gasteiger partial charge in [-0.25, -0.2) is 0 Å². The van der Waals surface area contributed by atoms with Gasteiger partial charge in [0.1, 0.15) is 5.54 Å². The molecule has 4 fully saturated rings. The summed E-state index contributed by atoms with van der Waals surface area (Å²) in [6.07, 6.45) is 8.96. The van der Waals surface area contributed by atoms with Crippen LogP contribution < -0.4 is 0 Å². The summed E-state index contributed by atoms with van der Waals surface area (Å²) in [5, 5.41) is 10.8. The quantitative estimate of drug-likeness (QED) is 0.794. The van der Waals surface area contributed by atoms with E-state index in [1.54, 1.807) is 0 Å². The zero-order chi connectivity index (χ0) is 18.9. The first-order valence-corrected chi connectivity index (χ1v) is 11.3. The number of rotatable bonds is 3. The van der Waals surface area contributed by atoms with Gasteiger partial charge in [0.15, 0.2) is 0 Å². The van der Waals surface area contributed by atoms with E-state index in [0.29, 0.717) is 19.0 Å². The van der Waals surface area contributed by atoms with Crippen LogP contribution in [0.5, 0.6) is 0 Å². The second-order valence-electron chi connectivity index (χ2n) is 9.32. The van der Waals surface area contributed by atoms with Gasteiger partial charge in [0.05, 0.1) is 12.1 Å². The van der Waals surface area contributed by atoms with E-state index < -0.39 is 6.10 Å². The van der Waals surface area contributed by atoms with Crippen LogP contribution in [0, 0.1) is 0 Å². The summed E-state index contributed by atoms with van der Waals surface area (Å²) in [7, 11) is 2.16. The Bertz CT molecular complexity index is 508. The summed E-state index contributed by atoms with van der Waals surface area (Å²) in [6.45, 7) is 7.47. The standard InChI is InChI=1S/C21H38N4O2/c1-22-12-14-23(15-13-22)18-16-24(17-19(18)26)20(27)21(8-4-2-5-9-21)25-10-6-3-7-11-25/h18-19,26H,2-17H2,1H3/t18-,19-/m0/s1. The zero-order valence-corrected chi connectivity index (χ0v) is 17.1. The fourth-order valence-corrected chi connectivity index (χ4v) is 5.87. The molecule has 1 aliphatic carbocycles. The van der Waals surface area contributed by atoms with E-state index in [4.69, 9.17) is 0 Å². The highest BCUT2D eigenvalue weighted by molar-refractivity contribution is 5.87. The number of β-amino-alcohol motifs (C(OH)–C–C–N with tert-alkyl or cyclic N) is 1. The van der Waals surface area contributed by atoms with Crippen molar-refractivity contribution in [2.45, 2.75) is 69.1 Å². The Balaban J connectivity index is 1.46. The number of aliphatic hydroxyl groups excluding tert-OH is 1. The smallest absolute Gasteiger partial charge is 0.243 e. The molecule has 154 valence electrons. The largest absolute Gasteiger partial charge is 0.390 e. The molecule has 1 saturated carbocycles. The SMILES string of the molecule is CN1CCN([C@H]2CN(C(=O)C3(N4CCCCC4)CCCCC3)C[C@@H]2O)CC1. The van der Waals surface area contributed by atoms with E-state index >= 15 is 0 Å². The summed E-state index contributed by atoms with van der Waals surface area (Å²) < 4.78 is 0. The van der Waals surface area contributed by atoms with Crippen LogP contribution in [0.15, 0.2) is 0 Å². The van der Waals surface area contributed by atoms with Crippen molar-refractivity contribution in [3.63, 3.8) is 0 Å². The second kappa shape index (κ2) is 8.36. The lowest BCUT2D eigenvalue weighted by molar-refractivity contribution is -0.147. The maximum absolute atomic E-state index is 13.8. The number of hydrogen-bond acceptors (Lipinski definition) is 5. The van der Waals surface area contributed by atoms with Crippen LogP contribution >= 0.6 is 0 Å². The molecule has 0 bridgehead atoms. The van der Waals surface area contributed by atoms with E-state index in [1.165, 1.54) is 38.5 Å². The summed E-state index contributed by atoms with van der Waals surface area (Å²) in [6, 6.07) is 0.115. The first-order valence-electron chi connectivity index (χ1n) is 11.3. The van der Waals surface area contributed by atoms with E-state index in [9.17, 15) is 9.90 Å². The van der Waals surface area contributed by atoms with Crippen LogP contribution in [0.4, 0.5) is 0 Å². The summed E-state index contributed by atoms with van der Waals surface area (Å²) in [5.41, 5.74) is -0.282. The number of nitrogens with zero attached hydrogens (tertiary/aromatic N) is 4. The minimum absolute atomic E-state index is 0.115. The molecule has 0 aromatic heterocycles. The Morgan fingerprint density at radius 2 is 1.48 bits per heavy atom. The average Bonchev–Trinajstić information content (AvgIpc) is 3.11. The molecule has 3 aliphatic heterocycles. The van der Waals surface area contributed by atoms with E-state index in [0.717, 1.165) is 52.1 Å². The van der Waals surface area contributed by atoms with Gasteiger partial charge in [-0.3, -0.25) is 14.6 Å². The topological polar surface area (TPSA) is 50.3 Å². The highest BCUT2D eigenvalue weighted by atomic mass is 16.3. The molecular weight excluding hydrogens is 340 g/mol. The third-order valence-electron chi connectivity index (χ3n) is 7.59. The van der Waals surface area contributed by atoms with Crippen molar-refractivity contribution in [2.75, 3.05) is 59.4 Å². The number of likely N-dealkylation sites (N-methyl/N-ethyl adjacent to an activating group) is 1. The summed E-state index contributed by atoms with van der Waals surface area (Å²) in [4.78, 5) is 23.1. The lowest BCUT2D eigenvalue weighted by atomic mass is 9.78. The lowest BCUT2D eigenvalue weighted by Gasteiger charge is -2.48. The molecule has 1 N–H and O–H groups in total. The Hall–Kier alpha value is -0.690. The molecule has 3 saturated heterocycles. The number of piperazine rings is 1. The molecule has 4 aliphatic rings. The minimum Gasteiger partial charge on any atom is -0.390 e. The molecule has 1 amide bonds. The van der Waals surface area contributed by atoms with Crippen molar-refractivity contribution in [3.05, 3.63) is 0 Å². The average molecular weight is 379 g/mol. The summed E-state index contributed by atoms with van der Waals surface area (Å²) in [5.74, 6) is 0.319. The number of likely N-dealkylation sites (tertiary alicyclic amines) is 2. The summed E-state index contributed by atoms with van der Waals surface area (Å²) >= 11 is 0. The van der Waals surface area contributed by atoms with Crippen molar-refractivity contribution in [2.24, 2.45) is 0 Å². The van der Waals surface area contributed by atoms with Gasteiger partial charge in [0.25, 0.3) is 0 Å². The zero-order valence-electron chi connectivity index (χ0n) is 17.1. The van der Waals surface area contributed by atoms with Gasteiger partial charge in [-0.1, -0.05) is 25.7 Å². The van der Waals surface area contributed by atoms with Gasteiger partial charge in [0.2, 0.25) is 5.91 Å². The van der Waals surface area contributed by atoms with Crippen molar-refractivity contribution >= 4 is 5.91 Å². The minimum atomic E-state index is -0.403. The van der Waals surface area contributed by atoms with Gasteiger partial charge in [-0.05, 0) is 45.8 Å². The first-order chi connectivity index (χ1) is 13.1. The van der Waals surface area contributed by atoms with E-state index in [2.05, 4.69) is 21.7 Å². The van der Waals surface area contributed by atoms with E-state index in [1.807, 2.05) is 4.90 Å². The molecule has 0 aromatic carbocycles. The Kier molecular flexibility index (Phi) is 6.07. The lowest BCUT2D eigenvalue weighted by Crippen LogP contribution is -2.61. The van der Waals surface area contributed by atoms with Crippen molar-refractivity contribution < 1.29 is 9.90 Å². The molecule has 0 aromatic rings. The normalized spacial score (nSPS) is 34.1. The predicted molar refractivity (Wildman–Crippen MR) is 107 cm³/mol. The van der Waals surface area contributed by atoms with Crippen LogP contribution in [0.1, 0.15) is 51.4 Å². The Labute approximate surface area is 164 Å². The highest BCUT2D eigenvalue weighted by Crippen LogP contribution is 2.38. The number of amides is 1. The van der Waals surface area contributed by atoms with Gasteiger partial charge in [-0.15, -0.1) is 0 Å². The maximum atomic E-state index is 13.8. The second-order valence-corrected chi connectivity index (χ2v) is 9.32. The molecule has 6 heteroatoms. The number of carbonyl (C=O) groups excluding carboxylic acids is 1. The molecule has 0 unspecified atom stereocenters. The fraction of sp³-hybridized carbons (Fsp3) is 0.952. The third kappa shape index (κ3) is 3.91. The van der Waals surface area contributed by atoms with Gasteiger partial charge in [-0.2, -0.15) is 0 Å². The van der Waals surface area contributed by atoms with Crippen LogP contribution in [-0.2, 0) is 4.79 Å². The molecule has 0 spiro atoms. The molecule has 4 rings (SSSR count). The molecular formula is C21H38N4O2. The predicted octanol–water partition coefficient (Wildman–Crippen LogP) is 0.994. The number of carbonyl (C=O) groups is 1. The molecule has 3 heterocycles. The molecule has 2 atom stereocenters. The monoisotopic (exact) mass is 378 g/mol. The maximum Gasteiger partial charge on any atom is 0.243 e. The van der Waals surface area contributed by atoms with Crippen LogP contribution in [-0.4, -0.2) is 108 Å². The third-order valence-corrected chi connectivity index (χ3v) is 7.59. The molecule has 6 nitrogen and oxygen atoms in total. The van der Waals surface area contributed by atoms with Crippen molar-refractivity contribution in [1.29, 1.82) is 0 Å². The highest BCUT2D eigenvalue weighted by Gasteiger charge is 2.49. The van der Waals surface area contributed by atoms with Crippen molar-refractivity contribution in [1.82, 2.24) is 19.6 Å². The number of hydrogen-bond donors (Lipinski definition) is 1. The van der Waals surface area contributed by atoms with E-state index in [-0.39, 0.29) is 11.6 Å². The molecule has 27 heavy (non-hydrogen) atoms. The molecule has 0 radical (unpaired) electrons. The van der Waals surface area contributed by atoms with Crippen LogP contribution in [0.3, 0.4) is 0 Å². The first kappa shape index (κ1) is 19.6. The van der Waals surface area contributed by atoms with Gasteiger partial charge >= 0.3 is 0 Å². The van der Waals surface area contributed by atoms with Gasteiger partial charge < -0.3 is 14.9 Å². The Morgan fingerprint density at radius 1 is 0.852 bits per heavy atom. The van der Waals surface area contributed by atoms with Gasteiger partial charge in [0, 0.05) is 39.3 Å². The fourth-order valence-electron chi connectivity index (χ4n) is 5.87. The van der Waals surface area contributed by atoms with Crippen LogP contribution in [0.2, 0.25) is 0 Å². The van der Waals surface area contributed by atoms with Crippen LogP contribution in [0.25, 0.3) is 0 Å². The van der Waals surface area contributed by atoms with Crippen molar-refractivity contribution in [3.8, 4) is 0 Å². The number of aliphatic hydroxyl groups is 1. The Morgan fingerprint density at radius 3 is 2.15 bits per heavy atom. The number of piperidine rings is 1.